The first-order valence-corrected chi connectivity index (χ1v) is 6.28. The van der Waals surface area contributed by atoms with Gasteiger partial charge in [0.1, 0.15) is 5.82 Å². The fourth-order valence-electron chi connectivity index (χ4n) is 1.44. The highest BCUT2D eigenvalue weighted by molar-refractivity contribution is 5.64. The van der Waals surface area contributed by atoms with Gasteiger partial charge in [-0.1, -0.05) is 13.3 Å². The van der Waals surface area contributed by atoms with Crippen molar-refractivity contribution in [1.29, 1.82) is 0 Å². The smallest absolute Gasteiger partial charge is 0.149 e. The first-order valence-electron chi connectivity index (χ1n) is 6.28. The zero-order valence-corrected chi connectivity index (χ0v) is 10.8. The van der Waals surface area contributed by atoms with Crippen molar-refractivity contribution in [3.63, 3.8) is 0 Å². The van der Waals surface area contributed by atoms with Gasteiger partial charge >= 0.3 is 0 Å². The zero-order valence-electron chi connectivity index (χ0n) is 10.8. The number of nitrogens with two attached hydrogens (primary N) is 1. The van der Waals surface area contributed by atoms with Gasteiger partial charge in [-0.25, -0.2) is 4.98 Å². The number of aryl methyl sites for hydroxylation is 1. The molecule has 0 saturated carbocycles. The molecule has 0 aliphatic rings. The van der Waals surface area contributed by atoms with E-state index in [1.807, 2.05) is 13.0 Å². The molecule has 0 radical (unpaired) electrons. The van der Waals surface area contributed by atoms with Gasteiger partial charge < -0.3 is 15.8 Å². The summed E-state index contributed by atoms with van der Waals surface area (Å²) in [4.78, 5) is 4.21. The molecule has 0 amide bonds. The Morgan fingerprint density at radius 2 is 2.12 bits per heavy atom. The minimum atomic E-state index is 0.736. The summed E-state index contributed by atoms with van der Waals surface area (Å²) in [6.07, 6.45) is 5.06. The Bertz CT molecular complexity index is 328. The quantitative estimate of drug-likeness (QED) is 0.682. The summed E-state index contributed by atoms with van der Waals surface area (Å²) in [5.74, 6) is 0.776. The maximum Gasteiger partial charge on any atom is 0.149 e. The maximum absolute atomic E-state index is 5.91. The van der Waals surface area contributed by atoms with Crippen LogP contribution in [0.1, 0.15) is 31.7 Å². The Hall–Kier alpha value is -1.29. The molecule has 0 bridgehead atoms. The largest absolute Gasteiger partial charge is 0.396 e. The van der Waals surface area contributed by atoms with Crippen molar-refractivity contribution in [1.82, 2.24) is 4.98 Å². The lowest BCUT2D eigenvalue weighted by Gasteiger charge is -2.09. The number of hydrogen-bond acceptors (Lipinski definition) is 4. The van der Waals surface area contributed by atoms with E-state index in [0.717, 1.165) is 49.7 Å². The minimum absolute atomic E-state index is 0.736. The van der Waals surface area contributed by atoms with Crippen LogP contribution in [0, 0.1) is 6.92 Å². The normalized spacial score (nSPS) is 10.5. The van der Waals surface area contributed by atoms with E-state index in [4.69, 9.17) is 10.5 Å². The standard InChI is InChI=1S/C13H23N3O/c1-3-4-9-17-10-5-7-15-13-12(14)11(2)6-8-16-13/h6,8H,3-5,7,9-10,14H2,1-2H3,(H,15,16). The molecule has 4 nitrogen and oxygen atoms in total. The van der Waals surface area contributed by atoms with Gasteiger partial charge in [-0.15, -0.1) is 0 Å². The first kappa shape index (κ1) is 13.8. The molecule has 0 saturated heterocycles. The monoisotopic (exact) mass is 237 g/mol. The van der Waals surface area contributed by atoms with Crippen LogP contribution in [0.3, 0.4) is 0 Å². The molecule has 1 aromatic rings. The molecule has 0 aliphatic carbocycles. The van der Waals surface area contributed by atoms with Crippen molar-refractivity contribution in [3.8, 4) is 0 Å². The molecule has 1 aromatic heterocycles. The fraction of sp³-hybridized carbons (Fsp3) is 0.615. The van der Waals surface area contributed by atoms with E-state index in [-0.39, 0.29) is 0 Å². The number of ether oxygens (including phenoxy) is 1. The van der Waals surface area contributed by atoms with Gasteiger partial charge in [0.15, 0.2) is 0 Å². The Kier molecular flexibility index (Phi) is 6.40. The van der Waals surface area contributed by atoms with Crippen LogP contribution >= 0.6 is 0 Å². The van der Waals surface area contributed by atoms with Crippen LogP contribution in [0.25, 0.3) is 0 Å². The summed E-state index contributed by atoms with van der Waals surface area (Å²) < 4.78 is 5.47. The van der Waals surface area contributed by atoms with Crippen LogP contribution in [-0.2, 0) is 4.74 Å². The van der Waals surface area contributed by atoms with Gasteiger partial charge in [0.05, 0.1) is 5.69 Å². The van der Waals surface area contributed by atoms with Crippen LogP contribution < -0.4 is 11.1 Å². The topological polar surface area (TPSA) is 60.2 Å². The third-order valence-corrected chi connectivity index (χ3v) is 2.61. The zero-order chi connectivity index (χ0) is 12.5. The van der Waals surface area contributed by atoms with Crippen LogP contribution in [0.15, 0.2) is 12.3 Å². The second-order valence-electron chi connectivity index (χ2n) is 4.14. The maximum atomic E-state index is 5.91. The predicted octanol–water partition coefficient (Wildman–Crippen LogP) is 2.59. The molecule has 0 aromatic carbocycles. The van der Waals surface area contributed by atoms with Crippen molar-refractivity contribution in [2.24, 2.45) is 0 Å². The van der Waals surface area contributed by atoms with E-state index in [0.29, 0.717) is 0 Å². The van der Waals surface area contributed by atoms with Crippen molar-refractivity contribution >= 4 is 11.5 Å². The van der Waals surface area contributed by atoms with Crippen molar-refractivity contribution in [2.75, 3.05) is 30.8 Å². The number of rotatable bonds is 8. The summed E-state index contributed by atoms with van der Waals surface area (Å²) in [5, 5.41) is 3.23. The highest BCUT2D eigenvalue weighted by atomic mass is 16.5. The summed E-state index contributed by atoms with van der Waals surface area (Å²) in [6, 6.07) is 1.91. The number of hydrogen-bond donors (Lipinski definition) is 2. The van der Waals surface area contributed by atoms with E-state index < -0.39 is 0 Å². The average Bonchev–Trinajstić information content (AvgIpc) is 2.33. The van der Waals surface area contributed by atoms with E-state index in [2.05, 4.69) is 17.2 Å². The molecule has 0 fully saturated rings. The Morgan fingerprint density at radius 1 is 1.35 bits per heavy atom. The fourth-order valence-corrected chi connectivity index (χ4v) is 1.44. The van der Waals surface area contributed by atoms with Crippen LogP contribution in [0.4, 0.5) is 11.5 Å². The second kappa shape index (κ2) is 7.90. The number of nitrogen functional groups attached to an aromatic ring is 1. The van der Waals surface area contributed by atoms with E-state index in [9.17, 15) is 0 Å². The molecular formula is C13H23N3O. The van der Waals surface area contributed by atoms with E-state index >= 15 is 0 Å². The van der Waals surface area contributed by atoms with Gasteiger partial charge in [0.25, 0.3) is 0 Å². The summed E-state index contributed by atoms with van der Waals surface area (Å²) in [7, 11) is 0. The lowest BCUT2D eigenvalue weighted by Crippen LogP contribution is -2.09. The summed E-state index contributed by atoms with van der Waals surface area (Å²) in [5.41, 5.74) is 7.70. The van der Waals surface area contributed by atoms with Crippen molar-refractivity contribution in [2.45, 2.75) is 33.1 Å². The summed E-state index contributed by atoms with van der Waals surface area (Å²) in [6.45, 7) is 6.64. The number of pyridine rings is 1. The van der Waals surface area contributed by atoms with Gasteiger partial charge in [-0.2, -0.15) is 0 Å². The van der Waals surface area contributed by atoms with Gasteiger partial charge in [0, 0.05) is 26.0 Å². The number of nitrogens with zero attached hydrogens (tertiary/aromatic N) is 1. The Morgan fingerprint density at radius 3 is 2.88 bits per heavy atom. The molecule has 0 atom stereocenters. The van der Waals surface area contributed by atoms with Crippen LogP contribution in [-0.4, -0.2) is 24.7 Å². The highest BCUT2D eigenvalue weighted by Crippen LogP contribution is 2.18. The molecule has 17 heavy (non-hydrogen) atoms. The highest BCUT2D eigenvalue weighted by Gasteiger charge is 2.01. The van der Waals surface area contributed by atoms with Crippen LogP contribution in [0.5, 0.6) is 0 Å². The average molecular weight is 237 g/mol. The number of nitrogens with one attached hydrogen (secondary N) is 1. The number of anilines is 2. The first-order chi connectivity index (χ1) is 8.25. The minimum Gasteiger partial charge on any atom is -0.396 e. The molecule has 0 aliphatic heterocycles. The summed E-state index contributed by atoms with van der Waals surface area (Å²) >= 11 is 0. The lowest BCUT2D eigenvalue weighted by molar-refractivity contribution is 0.131. The molecule has 0 unspecified atom stereocenters. The molecule has 1 heterocycles. The van der Waals surface area contributed by atoms with E-state index in [1.54, 1.807) is 6.20 Å². The third-order valence-electron chi connectivity index (χ3n) is 2.61. The van der Waals surface area contributed by atoms with Crippen LogP contribution in [0.2, 0.25) is 0 Å². The molecule has 3 N–H and O–H groups in total. The van der Waals surface area contributed by atoms with Gasteiger partial charge in [0.2, 0.25) is 0 Å². The molecule has 1 rings (SSSR count). The lowest BCUT2D eigenvalue weighted by atomic mass is 10.2. The van der Waals surface area contributed by atoms with E-state index in [1.165, 1.54) is 6.42 Å². The number of aromatic nitrogens is 1. The Balaban J connectivity index is 2.16. The number of unbranched alkanes of at least 4 members (excludes halogenated alkanes) is 1. The van der Waals surface area contributed by atoms with Gasteiger partial charge in [-0.05, 0) is 31.4 Å². The van der Waals surface area contributed by atoms with Gasteiger partial charge in [-0.3, -0.25) is 0 Å². The molecule has 4 heteroatoms. The van der Waals surface area contributed by atoms with Crippen molar-refractivity contribution in [3.05, 3.63) is 17.8 Å². The SMILES string of the molecule is CCCCOCCCNc1nccc(C)c1N. The molecule has 96 valence electrons. The molecular weight excluding hydrogens is 214 g/mol. The molecule has 0 spiro atoms. The Labute approximate surface area is 104 Å². The predicted molar refractivity (Wildman–Crippen MR) is 72.2 cm³/mol. The second-order valence-corrected chi connectivity index (χ2v) is 4.14. The third kappa shape index (κ3) is 5.04. The van der Waals surface area contributed by atoms with Crippen molar-refractivity contribution < 1.29 is 4.74 Å².